The van der Waals surface area contributed by atoms with Gasteiger partial charge in [0.2, 0.25) is 23.6 Å². The van der Waals surface area contributed by atoms with Crippen LogP contribution in [0, 0.1) is 5.92 Å². The molecule has 4 atom stereocenters. The van der Waals surface area contributed by atoms with Crippen LogP contribution in [0.5, 0.6) is 5.75 Å². The van der Waals surface area contributed by atoms with E-state index in [-0.39, 0.29) is 70.0 Å². The summed E-state index contributed by atoms with van der Waals surface area (Å²) in [5.41, 5.74) is 1.65. The van der Waals surface area contributed by atoms with Crippen molar-refractivity contribution in [2.24, 2.45) is 5.92 Å². The minimum atomic E-state index is -0.979. The van der Waals surface area contributed by atoms with Crippen LogP contribution in [-0.4, -0.2) is 118 Å². The number of rotatable bonds is 10. The molecule has 5 amide bonds. The molecular weight excluding hydrogens is 630 g/mol. The summed E-state index contributed by atoms with van der Waals surface area (Å²) >= 11 is 0. The van der Waals surface area contributed by atoms with Crippen molar-refractivity contribution < 1.29 is 38.2 Å². The molecule has 2 aromatic rings. The lowest BCUT2D eigenvalue weighted by atomic mass is 9.93. The van der Waals surface area contributed by atoms with Crippen molar-refractivity contribution >= 4 is 29.5 Å². The number of benzene rings is 2. The number of nitrogens with one attached hydrogen (secondary N) is 3. The van der Waals surface area contributed by atoms with E-state index in [1.165, 1.54) is 19.1 Å². The zero-order chi connectivity index (χ0) is 35.3. The van der Waals surface area contributed by atoms with Crippen molar-refractivity contribution in [2.75, 3.05) is 60.2 Å². The Morgan fingerprint density at radius 3 is 2.35 bits per heavy atom. The molecule has 2 aliphatic heterocycles. The predicted octanol–water partition coefficient (Wildman–Crippen LogP) is 1.26. The van der Waals surface area contributed by atoms with Crippen molar-refractivity contribution in [1.29, 1.82) is 0 Å². The molecule has 1 saturated heterocycles. The molecule has 0 aliphatic carbocycles. The first-order valence-corrected chi connectivity index (χ1v) is 16.8. The molecule has 2 aliphatic rings. The number of methoxy groups -OCH3 is 2. The summed E-state index contributed by atoms with van der Waals surface area (Å²) in [5, 5.41) is 8.80. The maximum absolute atomic E-state index is 14.1. The fraction of sp³-hybridized carbons (Fsp3) is 0.528. The van der Waals surface area contributed by atoms with E-state index >= 15 is 0 Å². The lowest BCUT2D eigenvalue weighted by Gasteiger charge is -2.29. The first-order chi connectivity index (χ1) is 23.6. The van der Waals surface area contributed by atoms with E-state index < -0.39 is 41.8 Å². The van der Waals surface area contributed by atoms with Crippen molar-refractivity contribution in [3.8, 4) is 5.75 Å². The number of hydrogen-bond acceptors (Lipinski definition) is 8. The van der Waals surface area contributed by atoms with Crippen LogP contribution in [0.4, 0.5) is 0 Å². The number of carbonyl (C=O) groups is 5. The molecule has 0 saturated carbocycles. The Balaban J connectivity index is 1.71. The summed E-state index contributed by atoms with van der Waals surface area (Å²) in [7, 11) is 3.03. The van der Waals surface area contributed by atoms with Crippen LogP contribution < -0.4 is 20.7 Å². The topological polar surface area (TPSA) is 156 Å². The number of carbonyl (C=O) groups excluding carboxylic acids is 5. The second-order valence-electron chi connectivity index (χ2n) is 12.9. The molecule has 0 spiro atoms. The Labute approximate surface area is 288 Å². The van der Waals surface area contributed by atoms with Crippen LogP contribution in [0.3, 0.4) is 0 Å². The molecule has 2 aromatic carbocycles. The van der Waals surface area contributed by atoms with E-state index in [1.807, 2.05) is 50.2 Å². The molecule has 49 heavy (non-hydrogen) atoms. The normalized spacial score (nSPS) is 22.4. The molecule has 0 radical (unpaired) electrons. The number of amides is 5. The van der Waals surface area contributed by atoms with Gasteiger partial charge in [-0.2, -0.15) is 0 Å². The molecule has 0 unspecified atom stereocenters. The summed E-state index contributed by atoms with van der Waals surface area (Å²) in [4.78, 5) is 70.8. The van der Waals surface area contributed by atoms with Gasteiger partial charge >= 0.3 is 0 Å². The van der Waals surface area contributed by atoms with Gasteiger partial charge in [-0.1, -0.05) is 56.3 Å². The van der Waals surface area contributed by atoms with Gasteiger partial charge in [0.05, 0.1) is 32.2 Å². The second kappa shape index (κ2) is 18.3. The molecule has 2 bridgehead atoms. The standard InChI is InChI=1S/C36H49N5O8/c1-24(2)17-30-36(46)40(14-16-48-4)22-32(42)37-29(18-25-9-6-5-7-10-25)35(45)39-31-21-41(34(44)13-15-47-3)20-28(31)26-11-8-12-27(19-26)49-23-33(43)38-30/h5-12,19,24,28-31H,13-18,20-23H2,1-4H3,(H,37,42)(H,38,43)(H,39,45)/t28-,29-,30+,31+/m0/s1. The summed E-state index contributed by atoms with van der Waals surface area (Å²) in [5.74, 6) is -1.76. The Morgan fingerprint density at radius 1 is 0.898 bits per heavy atom. The van der Waals surface area contributed by atoms with Gasteiger partial charge in [0.1, 0.15) is 17.8 Å². The highest BCUT2D eigenvalue weighted by Crippen LogP contribution is 2.31. The van der Waals surface area contributed by atoms with E-state index in [4.69, 9.17) is 14.2 Å². The maximum atomic E-state index is 14.1. The van der Waals surface area contributed by atoms with Crippen molar-refractivity contribution in [2.45, 2.75) is 57.2 Å². The van der Waals surface area contributed by atoms with Gasteiger partial charge in [0.25, 0.3) is 5.91 Å². The number of fused-ring (bicyclic) bond motifs is 4. The number of nitrogens with zero attached hydrogens (tertiary/aromatic N) is 2. The summed E-state index contributed by atoms with van der Waals surface area (Å²) < 4.78 is 16.2. The van der Waals surface area contributed by atoms with Crippen molar-refractivity contribution in [1.82, 2.24) is 25.8 Å². The van der Waals surface area contributed by atoms with Crippen LogP contribution in [0.15, 0.2) is 54.6 Å². The average molecular weight is 680 g/mol. The molecule has 266 valence electrons. The Morgan fingerprint density at radius 2 is 1.63 bits per heavy atom. The second-order valence-corrected chi connectivity index (χ2v) is 12.9. The Kier molecular flexibility index (Phi) is 14.0. The van der Waals surface area contributed by atoms with Gasteiger partial charge < -0.3 is 40.0 Å². The van der Waals surface area contributed by atoms with Crippen LogP contribution in [0.2, 0.25) is 0 Å². The lowest BCUT2D eigenvalue weighted by molar-refractivity contribution is -0.141. The van der Waals surface area contributed by atoms with Gasteiger partial charge in [-0.3, -0.25) is 24.0 Å². The van der Waals surface area contributed by atoms with E-state index in [1.54, 1.807) is 23.1 Å². The summed E-state index contributed by atoms with van der Waals surface area (Å²) in [6.07, 6.45) is 0.742. The Bertz CT molecular complexity index is 1440. The monoisotopic (exact) mass is 679 g/mol. The highest BCUT2D eigenvalue weighted by atomic mass is 16.5. The molecule has 4 rings (SSSR count). The fourth-order valence-corrected chi connectivity index (χ4v) is 6.20. The van der Waals surface area contributed by atoms with Gasteiger partial charge in [0, 0.05) is 46.2 Å². The molecule has 3 N–H and O–H groups in total. The SMILES string of the molecule is COCCC(=O)N1C[C@H]2NC(=O)[C@H](Cc3ccccc3)NC(=O)CN(CCOC)C(=O)[C@@H](CC(C)C)NC(=O)COc3cccc(c3)[C@@H]2C1. The Hall–Kier alpha value is -4.49. The lowest BCUT2D eigenvalue weighted by Crippen LogP contribution is -2.56. The van der Waals surface area contributed by atoms with E-state index in [2.05, 4.69) is 16.0 Å². The van der Waals surface area contributed by atoms with Crippen LogP contribution >= 0.6 is 0 Å². The van der Waals surface area contributed by atoms with Gasteiger partial charge in [-0.15, -0.1) is 0 Å². The summed E-state index contributed by atoms with van der Waals surface area (Å²) in [6, 6.07) is 14.2. The number of ether oxygens (including phenoxy) is 3. The van der Waals surface area contributed by atoms with Gasteiger partial charge in [0.15, 0.2) is 6.61 Å². The predicted molar refractivity (Wildman–Crippen MR) is 182 cm³/mol. The van der Waals surface area contributed by atoms with Crippen LogP contribution in [0.1, 0.15) is 43.7 Å². The maximum Gasteiger partial charge on any atom is 0.258 e. The van der Waals surface area contributed by atoms with Gasteiger partial charge in [-0.25, -0.2) is 0 Å². The van der Waals surface area contributed by atoms with Crippen LogP contribution in [0.25, 0.3) is 0 Å². The third kappa shape index (κ3) is 11.0. The fourth-order valence-electron chi connectivity index (χ4n) is 6.20. The van der Waals surface area contributed by atoms with E-state index in [9.17, 15) is 24.0 Å². The minimum absolute atomic E-state index is 0.0575. The van der Waals surface area contributed by atoms with Gasteiger partial charge in [-0.05, 0) is 35.6 Å². The first kappa shape index (κ1) is 37.3. The first-order valence-electron chi connectivity index (χ1n) is 16.8. The highest BCUT2D eigenvalue weighted by molar-refractivity contribution is 5.93. The molecule has 13 nitrogen and oxygen atoms in total. The smallest absolute Gasteiger partial charge is 0.258 e. The quantitative estimate of drug-likeness (QED) is 0.339. The molecular formula is C36H49N5O8. The molecule has 0 aromatic heterocycles. The largest absolute Gasteiger partial charge is 0.484 e. The minimum Gasteiger partial charge on any atom is -0.484 e. The third-order valence-electron chi connectivity index (χ3n) is 8.66. The van der Waals surface area contributed by atoms with Crippen molar-refractivity contribution in [3.05, 3.63) is 65.7 Å². The number of hydrogen-bond donors (Lipinski definition) is 3. The van der Waals surface area contributed by atoms with Crippen LogP contribution in [-0.2, 0) is 39.9 Å². The van der Waals surface area contributed by atoms with E-state index in [0.717, 1.165) is 11.1 Å². The molecule has 2 heterocycles. The zero-order valence-electron chi connectivity index (χ0n) is 28.8. The average Bonchev–Trinajstić information content (AvgIpc) is 3.51. The highest BCUT2D eigenvalue weighted by Gasteiger charge is 2.39. The molecule has 13 heteroatoms. The summed E-state index contributed by atoms with van der Waals surface area (Å²) in [6.45, 7) is 4.34. The number of likely N-dealkylation sites (tertiary alicyclic amines) is 1. The van der Waals surface area contributed by atoms with E-state index in [0.29, 0.717) is 18.7 Å². The zero-order valence-corrected chi connectivity index (χ0v) is 28.8. The van der Waals surface area contributed by atoms with Crippen molar-refractivity contribution in [3.63, 3.8) is 0 Å². The third-order valence-corrected chi connectivity index (χ3v) is 8.66. The molecule has 1 fully saturated rings.